The van der Waals surface area contributed by atoms with Crippen LogP contribution in [0.15, 0.2) is 29.8 Å². The number of amides is 1. The molecule has 0 N–H and O–H groups in total. The number of rotatable bonds is 4. The molecule has 0 bridgehead atoms. The fraction of sp³-hybridized carbons (Fsp3) is 0.421. The fourth-order valence-corrected chi connectivity index (χ4v) is 2.68. The second-order valence-corrected chi connectivity index (χ2v) is 6.24. The predicted molar refractivity (Wildman–Crippen MR) is 90.7 cm³/mol. The summed E-state index contributed by atoms with van der Waals surface area (Å²) >= 11 is 0. The number of benzene rings is 1. The number of aryl methyl sites for hydroxylation is 1. The van der Waals surface area contributed by atoms with Gasteiger partial charge in [-0.3, -0.25) is 4.79 Å². The molecule has 1 fully saturated rings. The molecule has 5 nitrogen and oxygen atoms in total. The lowest BCUT2D eigenvalue weighted by atomic mass is 10.0. The van der Waals surface area contributed by atoms with Crippen molar-refractivity contribution in [1.82, 2.24) is 4.90 Å². The molecule has 1 aliphatic rings. The minimum Gasteiger partial charge on any atom is -0.451 e. The lowest BCUT2D eigenvalue weighted by Crippen LogP contribution is -2.41. The molecule has 0 aliphatic carbocycles. The molecule has 24 heavy (non-hydrogen) atoms. The van der Waals surface area contributed by atoms with Gasteiger partial charge >= 0.3 is 5.97 Å². The van der Waals surface area contributed by atoms with E-state index in [0.717, 1.165) is 24.0 Å². The Bertz CT molecular complexity index is 671. The van der Waals surface area contributed by atoms with Gasteiger partial charge in [-0.1, -0.05) is 36.8 Å². The van der Waals surface area contributed by atoms with Crippen molar-refractivity contribution in [2.45, 2.75) is 26.7 Å². The maximum atomic E-state index is 12.1. The summed E-state index contributed by atoms with van der Waals surface area (Å²) in [5, 5.41) is 9.15. The van der Waals surface area contributed by atoms with Crippen molar-refractivity contribution in [2.24, 2.45) is 5.92 Å². The molecule has 1 heterocycles. The monoisotopic (exact) mass is 326 g/mol. The Labute approximate surface area is 142 Å². The first-order chi connectivity index (χ1) is 11.5. The van der Waals surface area contributed by atoms with Gasteiger partial charge in [0, 0.05) is 13.1 Å². The molecule has 2 rings (SSSR count). The number of piperidine rings is 1. The van der Waals surface area contributed by atoms with Gasteiger partial charge in [-0.05, 0) is 37.3 Å². The molecule has 1 amide bonds. The zero-order valence-electron chi connectivity index (χ0n) is 14.1. The average molecular weight is 326 g/mol. The molecule has 0 saturated carbocycles. The molecule has 0 spiro atoms. The predicted octanol–water partition coefficient (Wildman–Crippen LogP) is 2.70. The lowest BCUT2D eigenvalue weighted by molar-refractivity contribution is -0.149. The van der Waals surface area contributed by atoms with Crippen LogP contribution in [0.25, 0.3) is 6.08 Å². The van der Waals surface area contributed by atoms with Crippen molar-refractivity contribution in [1.29, 1.82) is 5.26 Å². The maximum absolute atomic E-state index is 12.1. The topological polar surface area (TPSA) is 70.4 Å². The Morgan fingerprint density at radius 1 is 1.38 bits per heavy atom. The van der Waals surface area contributed by atoms with E-state index in [-0.39, 0.29) is 18.1 Å². The highest BCUT2D eigenvalue weighted by molar-refractivity contribution is 5.98. The third-order valence-corrected chi connectivity index (χ3v) is 4.07. The molecule has 1 aromatic carbocycles. The number of carbonyl (C=O) groups is 2. The number of ether oxygens (including phenoxy) is 1. The Balaban J connectivity index is 1.93. The molecule has 1 aliphatic heterocycles. The highest BCUT2D eigenvalue weighted by Gasteiger charge is 2.22. The van der Waals surface area contributed by atoms with Crippen LogP contribution < -0.4 is 0 Å². The van der Waals surface area contributed by atoms with Gasteiger partial charge in [-0.25, -0.2) is 4.79 Å². The summed E-state index contributed by atoms with van der Waals surface area (Å²) in [5.74, 6) is -0.506. The van der Waals surface area contributed by atoms with E-state index in [1.807, 2.05) is 37.3 Å². The van der Waals surface area contributed by atoms with Crippen LogP contribution in [0.1, 0.15) is 30.9 Å². The SMILES string of the molecule is Cc1ccc(/C=C(\C#N)C(=O)OCC(=O)N2CCC[C@H](C)C2)cc1. The van der Waals surface area contributed by atoms with Crippen molar-refractivity contribution in [3.05, 3.63) is 41.0 Å². The van der Waals surface area contributed by atoms with E-state index in [0.29, 0.717) is 19.0 Å². The van der Waals surface area contributed by atoms with Crippen molar-refractivity contribution >= 4 is 18.0 Å². The maximum Gasteiger partial charge on any atom is 0.349 e. The van der Waals surface area contributed by atoms with Gasteiger partial charge in [0.05, 0.1) is 0 Å². The van der Waals surface area contributed by atoms with Crippen molar-refractivity contribution < 1.29 is 14.3 Å². The van der Waals surface area contributed by atoms with E-state index in [2.05, 4.69) is 6.92 Å². The van der Waals surface area contributed by atoms with E-state index in [1.54, 1.807) is 4.90 Å². The molecule has 0 aromatic heterocycles. The van der Waals surface area contributed by atoms with E-state index >= 15 is 0 Å². The standard InChI is InChI=1S/C19H22N2O3/c1-14-5-7-16(8-6-14)10-17(11-20)19(23)24-13-18(22)21-9-3-4-15(2)12-21/h5-8,10,15H,3-4,9,12-13H2,1-2H3/b17-10+/t15-/m0/s1. The minimum atomic E-state index is -0.767. The van der Waals surface area contributed by atoms with Crippen LogP contribution in [0.4, 0.5) is 0 Å². The molecule has 126 valence electrons. The first-order valence-corrected chi connectivity index (χ1v) is 8.13. The number of nitriles is 1. The Morgan fingerprint density at radius 2 is 2.08 bits per heavy atom. The van der Waals surface area contributed by atoms with E-state index in [1.165, 1.54) is 6.08 Å². The van der Waals surface area contributed by atoms with Gasteiger partial charge in [0.15, 0.2) is 6.61 Å². The summed E-state index contributed by atoms with van der Waals surface area (Å²) in [6.07, 6.45) is 3.55. The Morgan fingerprint density at radius 3 is 2.71 bits per heavy atom. The van der Waals surface area contributed by atoms with Crippen molar-refractivity contribution in [3.8, 4) is 6.07 Å². The van der Waals surface area contributed by atoms with Crippen LogP contribution in [-0.2, 0) is 14.3 Å². The van der Waals surface area contributed by atoms with Crippen molar-refractivity contribution in [3.63, 3.8) is 0 Å². The largest absolute Gasteiger partial charge is 0.451 e. The zero-order chi connectivity index (χ0) is 17.5. The second kappa shape index (κ2) is 8.30. The zero-order valence-corrected chi connectivity index (χ0v) is 14.1. The van der Waals surface area contributed by atoms with Gasteiger partial charge in [0.1, 0.15) is 11.6 Å². The number of hydrogen-bond donors (Lipinski definition) is 0. The second-order valence-electron chi connectivity index (χ2n) is 6.24. The van der Waals surface area contributed by atoms with Gasteiger partial charge in [-0.2, -0.15) is 5.26 Å². The summed E-state index contributed by atoms with van der Waals surface area (Å²) in [4.78, 5) is 25.8. The van der Waals surface area contributed by atoms with Crippen LogP contribution in [0.2, 0.25) is 0 Å². The number of nitrogens with zero attached hydrogens (tertiary/aromatic N) is 2. The van der Waals surface area contributed by atoms with Crippen LogP contribution in [-0.4, -0.2) is 36.5 Å². The quantitative estimate of drug-likeness (QED) is 0.484. The van der Waals surface area contributed by atoms with E-state index < -0.39 is 5.97 Å². The van der Waals surface area contributed by atoms with E-state index in [4.69, 9.17) is 10.00 Å². The molecular formula is C19H22N2O3. The molecule has 5 heteroatoms. The highest BCUT2D eigenvalue weighted by Crippen LogP contribution is 2.15. The summed E-state index contributed by atoms with van der Waals surface area (Å²) < 4.78 is 5.02. The fourth-order valence-electron chi connectivity index (χ4n) is 2.68. The molecule has 0 radical (unpaired) electrons. The van der Waals surface area contributed by atoms with Gasteiger partial charge in [0.2, 0.25) is 0 Å². The van der Waals surface area contributed by atoms with Crippen LogP contribution >= 0.6 is 0 Å². The molecular weight excluding hydrogens is 304 g/mol. The van der Waals surface area contributed by atoms with Gasteiger partial charge < -0.3 is 9.64 Å². The third kappa shape index (κ3) is 4.95. The third-order valence-electron chi connectivity index (χ3n) is 4.07. The van der Waals surface area contributed by atoms with E-state index in [9.17, 15) is 9.59 Å². The first kappa shape index (κ1) is 17.7. The Kier molecular flexibility index (Phi) is 6.14. The number of esters is 1. The number of hydrogen-bond acceptors (Lipinski definition) is 4. The molecule has 1 aromatic rings. The van der Waals surface area contributed by atoms with Gasteiger partial charge in [-0.15, -0.1) is 0 Å². The number of carbonyl (C=O) groups excluding carboxylic acids is 2. The average Bonchev–Trinajstić information content (AvgIpc) is 2.58. The highest BCUT2D eigenvalue weighted by atomic mass is 16.5. The van der Waals surface area contributed by atoms with Crippen LogP contribution in [0.3, 0.4) is 0 Å². The summed E-state index contributed by atoms with van der Waals surface area (Å²) in [5.41, 5.74) is 1.72. The normalized spacial score (nSPS) is 18.0. The first-order valence-electron chi connectivity index (χ1n) is 8.13. The summed E-state index contributed by atoms with van der Waals surface area (Å²) in [6.45, 7) is 5.13. The van der Waals surface area contributed by atoms with Crippen LogP contribution in [0, 0.1) is 24.2 Å². The smallest absolute Gasteiger partial charge is 0.349 e. The molecule has 1 saturated heterocycles. The summed E-state index contributed by atoms with van der Waals surface area (Å²) in [6, 6.07) is 9.27. The molecule has 1 atom stereocenters. The van der Waals surface area contributed by atoms with Crippen LogP contribution in [0.5, 0.6) is 0 Å². The molecule has 0 unspecified atom stereocenters. The Hall–Kier alpha value is -2.61. The number of likely N-dealkylation sites (tertiary alicyclic amines) is 1. The lowest BCUT2D eigenvalue weighted by Gasteiger charge is -2.30. The van der Waals surface area contributed by atoms with Gasteiger partial charge in [0.25, 0.3) is 5.91 Å². The van der Waals surface area contributed by atoms with Crippen molar-refractivity contribution in [2.75, 3.05) is 19.7 Å². The minimum absolute atomic E-state index is 0.112. The summed E-state index contributed by atoms with van der Waals surface area (Å²) in [7, 11) is 0.